The average Bonchev–Trinajstić information content (AvgIpc) is 1.85. The van der Waals surface area contributed by atoms with E-state index in [0.29, 0.717) is 6.61 Å². The molecule has 0 fully saturated rings. The van der Waals surface area contributed by atoms with Gasteiger partial charge in [-0.3, -0.25) is 0 Å². The van der Waals surface area contributed by atoms with Gasteiger partial charge in [-0.1, -0.05) is 6.58 Å². The van der Waals surface area contributed by atoms with Crippen LogP contribution in [0.15, 0.2) is 12.8 Å². The third-order valence-electron chi connectivity index (χ3n) is 0.935. The highest BCUT2D eigenvalue weighted by atomic mass is 16.5. The fourth-order valence-electron chi connectivity index (χ4n) is 0.488. The van der Waals surface area contributed by atoms with Gasteiger partial charge in [0.15, 0.2) is 0 Å². The van der Waals surface area contributed by atoms with Crippen molar-refractivity contribution in [2.45, 2.75) is 26.9 Å². The molecule has 0 aromatic carbocycles. The molecule has 59 valence electrons. The molecule has 2 nitrogen and oxygen atoms in total. The van der Waals surface area contributed by atoms with Gasteiger partial charge in [0.25, 0.3) is 0 Å². The van der Waals surface area contributed by atoms with Crippen molar-refractivity contribution in [3.63, 3.8) is 0 Å². The summed E-state index contributed by atoms with van der Waals surface area (Å²) in [5, 5.41) is 0. The van der Waals surface area contributed by atoms with Crippen molar-refractivity contribution in [3.05, 3.63) is 18.9 Å². The molecule has 0 aromatic heterocycles. The molecule has 0 saturated carbocycles. The molecule has 0 rings (SSSR count). The summed E-state index contributed by atoms with van der Waals surface area (Å²) in [6.45, 7) is 9.80. The Kier molecular flexibility index (Phi) is 5.03. The second-order valence-corrected chi connectivity index (χ2v) is 2.33. The van der Waals surface area contributed by atoms with Crippen molar-refractivity contribution in [2.75, 3.05) is 6.61 Å². The minimum absolute atomic E-state index is 0.0902. The first-order chi connectivity index (χ1) is 4.66. The quantitative estimate of drug-likeness (QED) is 0.549. The standard InChI is InChI=1S/C8H15O2/c1-5-9-8(4)6-10-7(2)3/h5,8H,1,6H2,2-4H3. The van der Waals surface area contributed by atoms with E-state index in [1.165, 1.54) is 6.26 Å². The molecule has 0 aromatic rings. The lowest BCUT2D eigenvalue weighted by atomic mass is 10.4. The van der Waals surface area contributed by atoms with Crippen molar-refractivity contribution in [1.29, 1.82) is 0 Å². The van der Waals surface area contributed by atoms with E-state index in [2.05, 4.69) is 6.58 Å². The number of rotatable bonds is 5. The number of hydrogen-bond donors (Lipinski definition) is 0. The van der Waals surface area contributed by atoms with E-state index >= 15 is 0 Å². The predicted octanol–water partition coefficient (Wildman–Crippen LogP) is 2.12. The van der Waals surface area contributed by atoms with E-state index in [4.69, 9.17) is 9.47 Å². The maximum absolute atomic E-state index is 5.20. The van der Waals surface area contributed by atoms with Gasteiger partial charge in [0.05, 0.1) is 19.0 Å². The van der Waals surface area contributed by atoms with Gasteiger partial charge in [-0.15, -0.1) is 0 Å². The van der Waals surface area contributed by atoms with E-state index in [-0.39, 0.29) is 6.10 Å². The van der Waals surface area contributed by atoms with Crippen molar-refractivity contribution in [2.24, 2.45) is 0 Å². The summed E-state index contributed by atoms with van der Waals surface area (Å²) in [4.78, 5) is 0. The Bertz CT molecular complexity index is 89.3. The number of ether oxygens (including phenoxy) is 2. The van der Waals surface area contributed by atoms with Gasteiger partial charge in [0.1, 0.15) is 6.10 Å². The molecule has 0 N–H and O–H groups in total. The first-order valence-electron chi connectivity index (χ1n) is 3.36. The van der Waals surface area contributed by atoms with Crippen LogP contribution in [0.4, 0.5) is 0 Å². The average molecular weight is 143 g/mol. The predicted molar refractivity (Wildman–Crippen MR) is 41.3 cm³/mol. The second-order valence-electron chi connectivity index (χ2n) is 2.33. The Morgan fingerprint density at radius 1 is 1.60 bits per heavy atom. The lowest BCUT2D eigenvalue weighted by Crippen LogP contribution is -2.13. The molecule has 0 bridgehead atoms. The molecule has 0 aliphatic carbocycles. The van der Waals surface area contributed by atoms with E-state index in [1.807, 2.05) is 20.8 Å². The summed E-state index contributed by atoms with van der Waals surface area (Å²) in [5.74, 6) is 0. The Morgan fingerprint density at radius 3 is 2.60 bits per heavy atom. The van der Waals surface area contributed by atoms with Crippen LogP contribution in [0, 0.1) is 6.10 Å². The van der Waals surface area contributed by atoms with Crippen molar-refractivity contribution < 1.29 is 9.47 Å². The van der Waals surface area contributed by atoms with Gasteiger partial charge in [0, 0.05) is 0 Å². The van der Waals surface area contributed by atoms with Crippen LogP contribution in [0.1, 0.15) is 20.8 Å². The summed E-state index contributed by atoms with van der Waals surface area (Å²) in [6.07, 6.45) is 2.48. The van der Waals surface area contributed by atoms with Crippen molar-refractivity contribution in [1.82, 2.24) is 0 Å². The SMILES string of the molecule is C=COC(C)CO[C](C)C. The topological polar surface area (TPSA) is 18.5 Å². The molecule has 10 heavy (non-hydrogen) atoms. The van der Waals surface area contributed by atoms with Crippen molar-refractivity contribution in [3.8, 4) is 0 Å². The summed E-state index contributed by atoms with van der Waals surface area (Å²) < 4.78 is 10.2. The number of hydrogen-bond acceptors (Lipinski definition) is 2. The summed E-state index contributed by atoms with van der Waals surface area (Å²) in [5.41, 5.74) is 0. The highest BCUT2D eigenvalue weighted by Crippen LogP contribution is 2.00. The first kappa shape index (κ1) is 9.50. The molecular weight excluding hydrogens is 128 g/mol. The molecular formula is C8H15O2. The molecule has 0 spiro atoms. The summed E-state index contributed by atoms with van der Waals surface area (Å²) >= 11 is 0. The normalized spacial score (nSPS) is 13.2. The fraction of sp³-hybridized carbons (Fsp3) is 0.625. The maximum atomic E-state index is 5.20. The Morgan fingerprint density at radius 2 is 2.20 bits per heavy atom. The van der Waals surface area contributed by atoms with Gasteiger partial charge in [0.2, 0.25) is 0 Å². The monoisotopic (exact) mass is 143 g/mol. The van der Waals surface area contributed by atoms with Gasteiger partial charge in [-0.05, 0) is 20.8 Å². The zero-order valence-corrected chi connectivity index (χ0v) is 6.89. The lowest BCUT2D eigenvalue weighted by molar-refractivity contribution is 0.0479. The van der Waals surface area contributed by atoms with Crippen LogP contribution in [0.5, 0.6) is 0 Å². The van der Waals surface area contributed by atoms with E-state index in [1.54, 1.807) is 0 Å². The zero-order chi connectivity index (χ0) is 7.98. The van der Waals surface area contributed by atoms with Gasteiger partial charge >= 0.3 is 0 Å². The van der Waals surface area contributed by atoms with E-state index < -0.39 is 0 Å². The maximum Gasteiger partial charge on any atom is 0.118 e. The minimum Gasteiger partial charge on any atom is -0.497 e. The molecule has 0 saturated heterocycles. The third-order valence-corrected chi connectivity index (χ3v) is 0.935. The molecule has 1 radical (unpaired) electrons. The van der Waals surface area contributed by atoms with Crippen LogP contribution < -0.4 is 0 Å². The first-order valence-corrected chi connectivity index (χ1v) is 3.36. The van der Waals surface area contributed by atoms with Crippen LogP contribution in [0.3, 0.4) is 0 Å². The molecule has 1 atom stereocenters. The van der Waals surface area contributed by atoms with E-state index in [0.717, 1.165) is 6.10 Å². The Hall–Kier alpha value is -0.500. The highest BCUT2D eigenvalue weighted by molar-refractivity contribution is 4.63. The Labute approximate surface area is 62.8 Å². The van der Waals surface area contributed by atoms with Crippen molar-refractivity contribution >= 4 is 0 Å². The van der Waals surface area contributed by atoms with Crippen LogP contribution in [0.25, 0.3) is 0 Å². The lowest BCUT2D eigenvalue weighted by Gasteiger charge is -2.12. The summed E-state index contributed by atoms with van der Waals surface area (Å²) in [6, 6.07) is 0. The molecule has 1 unspecified atom stereocenters. The van der Waals surface area contributed by atoms with Crippen LogP contribution >= 0.6 is 0 Å². The van der Waals surface area contributed by atoms with Crippen LogP contribution in [-0.2, 0) is 9.47 Å². The van der Waals surface area contributed by atoms with Gasteiger partial charge in [-0.25, -0.2) is 0 Å². The summed E-state index contributed by atoms with van der Waals surface area (Å²) in [7, 11) is 0. The van der Waals surface area contributed by atoms with E-state index in [9.17, 15) is 0 Å². The molecule has 0 aliphatic rings. The smallest absolute Gasteiger partial charge is 0.118 e. The zero-order valence-electron chi connectivity index (χ0n) is 6.89. The second kappa shape index (κ2) is 5.30. The van der Waals surface area contributed by atoms with Gasteiger partial charge < -0.3 is 9.47 Å². The molecule has 0 heterocycles. The minimum atomic E-state index is 0.0902. The third kappa shape index (κ3) is 5.63. The largest absolute Gasteiger partial charge is 0.497 e. The highest BCUT2D eigenvalue weighted by Gasteiger charge is 2.01. The van der Waals surface area contributed by atoms with Crippen LogP contribution in [0.2, 0.25) is 0 Å². The molecule has 2 heteroatoms. The molecule has 0 aliphatic heterocycles. The van der Waals surface area contributed by atoms with Crippen LogP contribution in [-0.4, -0.2) is 12.7 Å². The Balaban J connectivity index is 3.20. The molecule has 0 amide bonds. The fourth-order valence-corrected chi connectivity index (χ4v) is 0.488. The van der Waals surface area contributed by atoms with Gasteiger partial charge in [-0.2, -0.15) is 0 Å².